The van der Waals surface area contributed by atoms with Gasteiger partial charge in [0.15, 0.2) is 0 Å². The van der Waals surface area contributed by atoms with Crippen LogP contribution in [0.1, 0.15) is 23.0 Å². The van der Waals surface area contributed by atoms with Crippen LogP contribution in [0.2, 0.25) is 5.02 Å². The SMILES string of the molecule is CCNC(=O)c1cc(Oc2ccc(C)cc2Cl)ccn1. The lowest BCUT2D eigenvalue weighted by Gasteiger charge is -2.09. The molecule has 0 spiro atoms. The summed E-state index contributed by atoms with van der Waals surface area (Å²) in [5, 5.41) is 3.22. The average molecular weight is 291 g/mol. The van der Waals surface area contributed by atoms with Gasteiger partial charge in [-0.15, -0.1) is 0 Å². The predicted molar refractivity (Wildman–Crippen MR) is 78.5 cm³/mol. The van der Waals surface area contributed by atoms with Gasteiger partial charge >= 0.3 is 0 Å². The van der Waals surface area contributed by atoms with Gasteiger partial charge in [0.1, 0.15) is 17.2 Å². The Bertz CT molecular complexity index is 629. The van der Waals surface area contributed by atoms with Crippen molar-refractivity contribution in [1.82, 2.24) is 10.3 Å². The molecule has 0 fully saturated rings. The molecule has 1 aromatic heterocycles. The molecule has 5 heteroatoms. The van der Waals surface area contributed by atoms with Crippen LogP contribution in [0.15, 0.2) is 36.5 Å². The zero-order chi connectivity index (χ0) is 14.5. The number of halogens is 1. The number of carbonyl (C=O) groups excluding carboxylic acids is 1. The van der Waals surface area contributed by atoms with Crippen molar-refractivity contribution in [2.24, 2.45) is 0 Å². The fourth-order valence-corrected chi connectivity index (χ4v) is 1.94. The lowest BCUT2D eigenvalue weighted by Crippen LogP contribution is -2.23. The summed E-state index contributed by atoms with van der Waals surface area (Å²) in [6.07, 6.45) is 1.53. The second-order valence-electron chi connectivity index (χ2n) is 4.27. The first-order chi connectivity index (χ1) is 9.60. The molecule has 0 atom stereocenters. The molecule has 0 saturated heterocycles. The van der Waals surface area contributed by atoms with Crippen LogP contribution in [-0.2, 0) is 0 Å². The van der Waals surface area contributed by atoms with Crippen molar-refractivity contribution < 1.29 is 9.53 Å². The van der Waals surface area contributed by atoms with Crippen LogP contribution in [0.25, 0.3) is 0 Å². The minimum atomic E-state index is -0.229. The zero-order valence-corrected chi connectivity index (χ0v) is 12.1. The van der Waals surface area contributed by atoms with Crippen LogP contribution >= 0.6 is 11.6 Å². The molecule has 0 aliphatic carbocycles. The maximum Gasteiger partial charge on any atom is 0.270 e. The minimum absolute atomic E-state index is 0.229. The standard InChI is InChI=1S/C15H15ClN2O2/c1-3-17-15(19)13-9-11(6-7-18-13)20-14-5-4-10(2)8-12(14)16/h4-9H,3H2,1-2H3,(H,17,19). The van der Waals surface area contributed by atoms with Crippen LogP contribution in [0.4, 0.5) is 0 Å². The van der Waals surface area contributed by atoms with Gasteiger partial charge in [0.25, 0.3) is 5.91 Å². The highest BCUT2D eigenvalue weighted by Crippen LogP contribution is 2.29. The minimum Gasteiger partial charge on any atom is -0.456 e. The van der Waals surface area contributed by atoms with Crippen molar-refractivity contribution in [2.75, 3.05) is 6.54 Å². The number of pyridine rings is 1. The van der Waals surface area contributed by atoms with Gasteiger partial charge in [0, 0.05) is 18.8 Å². The number of benzene rings is 1. The number of amides is 1. The van der Waals surface area contributed by atoms with Gasteiger partial charge in [0.2, 0.25) is 0 Å². The van der Waals surface area contributed by atoms with Crippen molar-refractivity contribution in [2.45, 2.75) is 13.8 Å². The molecule has 1 amide bonds. The molecule has 0 aliphatic rings. The van der Waals surface area contributed by atoms with Gasteiger partial charge in [-0.1, -0.05) is 17.7 Å². The van der Waals surface area contributed by atoms with Gasteiger partial charge in [-0.3, -0.25) is 9.78 Å². The first kappa shape index (κ1) is 14.3. The smallest absolute Gasteiger partial charge is 0.270 e. The maximum absolute atomic E-state index is 11.7. The highest BCUT2D eigenvalue weighted by Gasteiger charge is 2.09. The fourth-order valence-electron chi connectivity index (χ4n) is 1.67. The molecule has 0 aliphatic heterocycles. The molecule has 0 radical (unpaired) electrons. The summed E-state index contributed by atoms with van der Waals surface area (Å²) in [7, 11) is 0. The number of nitrogens with one attached hydrogen (secondary N) is 1. The number of carbonyl (C=O) groups is 1. The van der Waals surface area contributed by atoms with Crippen LogP contribution in [0.3, 0.4) is 0 Å². The van der Waals surface area contributed by atoms with Gasteiger partial charge < -0.3 is 10.1 Å². The molecule has 20 heavy (non-hydrogen) atoms. The quantitative estimate of drug-likeness (QED) is 0.936. The van der Waals surface area contributed by atoms with E-state index in [0.29, 0.717) is 28.8 Å². The molecular formula is C15H15ClN2O2. The largest absolute Gasteiger partial charge is 0.456 e. The summed E-state index contributed by atoms with van der Waals surface area (Å²) in [5.41, 5.74) is 1.37. The van der Waals surface area contributed by atoms with Gasteiger partial charge in [-0.25, -0.2) is 0 Å². The molecule has 4 nitrogen and oxygen atoms in total. The Kier molecular flexibility index (Phi) is 4.58. The van der Waals surface area contributed by atoms with Crippen molar-refractivity contribution in [1.29, 1.82) is 0 Å². The normalized spacial score (nSPS) is 10.2. The van der Waals surface area contributed by atoms with Crippen molar-refractivity contribution >= 4 is 17.5 Å². The number of rotatable bonds is 4. The van der Waals surface area contributed by atoms with Crippen molar-refractivity contribution in [3.63, 3.8) is 0 Å². The summed E-state index contributed by atoms with van der Waals surface area (Å²) < 4.78 is 5.68. The number of aryl methyl sites for hydroxylation is 1. The molecule has 0 bridgehead atoms. The van der Waals surface area contributed by atoms with E-state index in [1.165, 1.54) is 6.20 Å². The number of ether oxygens (including phenoxy) is 1. The summed E-state index contributed by atoms with van der Waals surface area (Å²) in [5.74, 6) is 0.838. The Balaban J connectivity index is 2.21. The topological polar surface area (TPSA) is 51.2 Å². The molecule has 104 valence electrons. The monoisotopic (exact) mass is 290 g/mol. The Hall–Kier alpha value is -2.07. The molecule has 1 aromatic carbocycles. The van der Waals surface area contributed by atoms with Crippen LogP contribution in [-0.4, -0.2) is 17.4 Å². The number of nitrogens with zero attached hydrogens (tertiary/aromatic N) is 1. The van der Waals surface area contributed by atoms with Crippen LogP contribution in [0, 0.1) is 6.92 Å². The van der Waals surface area contributed by atoms with Gasteiger partial charge in [-0.2, -0.15) is 0 Å². The lowest BCUT2D eigenvalue weighted by atomic mass is 10.2. The molecule has 0 saturated carbocycles. The van der Waals surface area contributed by atoms with E-state index in [1.807, 2.05) is 26.0 Å². The highest BCUT2D eigenvalue weighted by atomic mass is 35.5. The Labute approximate surface area is 122 Å². The van der Waals surface area contributed by atoms with Crippen LogP contribution < -0.4 is 10.1 Å². The summed E-state index contributed by atoms with van der Waals surface area (Å²) in [4.78, 5) is 15.7. The Morgan fingerprint density at radius 2 is 2.15 bits per heavy atom. The maximum atomic E-state index is 11.7. The summed E-state index contributed by atoms with van der Waals surface area (Å²) >= 11 is 6.11. The number of hydrogen-bond donors (Lipinski definition) is 1. The third kappa shape index (κ3) is 3.48. The molecule has 2 aromatic rings. The Morgan fingerprint density at radius 3 is 2.85 bits per heavy atom. The second-order valence-corrected chi connectivity index (χ2v) is 4.68. The van der Waals surface area contributed by atoms with Gasteiger partial charge in [-0.05, 0) is 37.6 Å². The highest BCUT2D eigenvalue weighted by molar-refractivity contribution is 6.32. The van der Waals surface area contributed by atoms with Gasteiger partial charge in [0.05, 0.1) is 5.02 Å². The fraction of sp³-hybridized carbons (Fsp3) is 0.200. The van der Waals surface area contributed by atoms with E-state index < -0.39 is 0 Å². The number of aromatic nitrogens is 1. The van der Waals surface area contributed by atoms with E-state index in [0.717, 1.165) is 5.56 Å². The molecule has 2 rings (SSSR count). The molecule has 1 N–H and O–H groups in total. The lowest BCUT2D eigenvalue weighted by molar-refractivity contribution is 0.0950. The Morgan fingerprint density at radius 1 is 1.35 bits per heavy atom. The average Bonchev–Trinajstić information content (AvgIpc) is 2.43. The molecule has 0 unspecified atom stereocenters. The van der Waals surface area contributed by atoms with E-state index >= 15 is 0 Å². The first-order valence-corrected chi connectivity index (χ1v) is 6.66. The van der Waals surface area contributed by atoms with E-state index in [9.17, 15) is 4.79 Å². The van der Waals surface area contributed by atoms with Crippen molar-refractivity contribution in [3.05, 3.63) is 52.8 Å². The zero-order valence-electron chi connectivity index (χ0n) is 11.3. The second kappa shape index (κ2) is 6.39. The first-order valence-electron chi connectivity index (χ1n) is 6.28. The predicted octanol–water partition coefficient (Wildman–Crippen LogP) is 3.59. The molecular weight excluding hydrogens is 276 g/mol. The van der Waals surface area contributed by atoms with E-state index in [-0.39, 0.29) is 5.91 Å². The molecule has 1 heterocycles. The van der Waals surface area contributed by atoms with E-state index in [1.54, 1.807) is 18.2 Å². The van der Waals surface area contributed by atoms with Crippen LogP contribution in [0.5, 0.6) is 11.5 Å². The third-order valence-electron chi connectivity index (χ3n) is 2.62. The number of hydrogen-bond acceptors (Lipinski definition) is 3. The van der Waals surface area contributed by atoms with Crippen molar-refractivity contribution in [3.8, 4) is 11.5 Å². The summed E-state index contributed by atoms with van der Waals surface area (Å²) in [6.45, 7) is 4.36. The van der Waals surface area contributed by atoms with E-state index in [2.05, 4.69) is 10.3 Å². The summed E-state index contributed by atoms with van der Waals surface area (Å²) in [6, 6.07) is 8.79. The third-order valence-corrected chi connectivity index (χ3v) is 2.91. The van der Waals surface area contributed by atoms with E-state index in [4.69, 9.17) is 16.3 Å².